The maximum absolute atomic E-state index is 11.5. The smallest absolute Gasteiger partial charge is 0.270 e. The lowest BCUT2D eigenvalue weighted by atomic mass is 10.3. The Morgan fingerprint density at radius 1 is 1.19 bits per heavy atom. The highest BCUT2D eigenvalue weighted by atomic mass is 32.2. The van der Waals surface area contributed by atoms with Crippen molar-refractivity contribution >= 4 is 33.3 Å². The number of piperazine rings is 1. The molecule has 3 rings (SSSR count). The second-order valence-electron chi connectivity index (χ2n) is 5.19. The number of sulfonamides is 1. The number of rotatable bonds is 3. The van der Waals surface area contributed by atoms with Gasteiger partial charge in [-0.05, 0) is 24.4 Å². The average molecular weight is 327 g/mol. The lowest BCUT2D eigenvalue weighted by Gasteiger charge is -2.33. The number of aromatic nitrogens is 1. The molecule has 1 aromatic carbocycles. The van der Waals surface area contributed by atoms with Gasteiger partial charge in [0.2, 0.25) is 10.0 Å². The molecule has 0 radical (unpaired) electrons. The van der Waals surface area contributed by atoms with Crippen molar-refractivity contribution in [2.75, 3.05) is 32.4 Å². The summed E-state index contributed by atoms with van der Waals surface area (Å²) < 4.78 is 32.0. The first-order chi connectivity index (χ1) is 9.95. The molecule has 0 saturated carbocycles. The Morgan fingerprint density at radius 3 is 2.52 bits per heavy atom. The fraction of sp³-hybridized carbons (Fsp3) is 0.462. The van der Waals surface area contributed by atoms with Crippen molar-refractivity contribution in [1.29, 1.82) is 0 Å². The Balaban J connectivity index is 1.76. The minimum absolute atomic E-state index is 0.446. The molecule has 8 heteroatoms. The highest BCUT2D eigenvalue weighted by Gasteiger charge is 2.23. The molecule has 1 aromatic heterocycles. The van der Waals surface area contributed by atoms with Crippen LogP contribution in [0.1, 0.15) is 0 Å². The molecular formula is C13H17N3O3S2. The van der Waals surface area contributed by atoms with Crippen molar-refractivity contribution in [2.45, 2.75) is 6.67 Å². The van der Waals surface area contributed by atoms with Crippen LogP contribution < -0.4 is 0 Å². The molecular weight excluding hydrogens is 310 g/mol. The molecule has 1 fully saturated rings. The summed E-state index contributed by atoms with van der Waals surface area (Å²) in [6.07, 6.45) is 1.25. The molecule has 0 unspecified atom stereocenters. The summed E-state index contributed by atoms with van der Waals surface area (Å²) in [5.41, 5.74) is 1.74. The molecule has 114 valence electrons. The summed E-state index contributed by atoms with van der Waals surface area (Å²) >= 11 is 5.27. The minimum Gasteiger partial charge on any atom is -0.429 e. The van der Waals surface area contributed by atoms with Gasteiger partial charge in [-0.2, -0.15) is 4.31 Å². The predicted molar refractivity (Wildman–Crippen MR) is 83.0 cm³/mol. The maximum Gasteiger partial charge on any atom is 0.270 e. The van der Waals surface area contributed by atoms with E-state index in [1.54, 1.807) is 0 Å². The van der Waals surface area contributed by atoms with E-state index in [2.05, 4.69) is 4.90 Å². The first kappa shape index (κ1) is 14.7. The van der Waals surface area contributed by atoms with E-state index in [9.17, 15) is 8.42 Å². The summed E-state index contributed by atoms with van der Waals surface area (Å²) in [7, 11) is -3.09. The topological polar surface area (TPSA) is 58.7 Å². The molecule has 1 saturated heterocycles. The molecule has 0 atom stereocenters. The van der Waals surface area contributed by atoms with Gasteiger partial charge in [0.05, 0.1) is 18.4 Å². The Labute approximate surface area is 128 Å². The molecule has 6 nitrogen and oxygen atoms in total. The highest BCUT2D eigenvalue weighted by Crippen LogP contribution is 2.18. The third kappa shape index (κ3) is 3.03. The number of para-hydroxylation sites is 2. The van der Waals surface area contributed by atoms with Crippen LogP contribution in [0.2, 0.25) is 0 Å². The monoisotopic (exact) mass is 327 g/mol. The Morgan fingerprint density at radius 2 is 1.86 bits per heavy atom. The van der Waals surface area contributed by atoms with Gasteiger partial charge in [-0.3, -0.25) is 9.47 Å². The van der Waals surface area contributed by atoms with Crippen LogP contribution >= 0.6 is 12.2 Å². The zero-order valence-corrected chi connectivity index (χ0v) is 13.4. The number of oxazole rings is 1. The lowest BCUT2D eigenvalue weighted by molar-refractivity contribution is 0.152. The highest BCUT2D eigenvalue weighted by molar-refractivity contribution is 7.88. The standard InChI is InChI=1S/C13H17N3O3S2/c1-21(17,18)15-8-6-14(7-9-15)10-16-11-4-2-3-5-12(11)19-13(16)20/h2-5H,6-10H2,1H3. The molecule has 2 aromatic rings. The van der Waals surface area contributed by atoms with Gasteiger partial charge < -0.3 is 4.42 Å². The van der Waals surface area contributed by atoms with E-state index in [1.807, 2.05) is 28.8 Å². The maximum atomic E-state index is 11.5. The molecule has 2 heterocycles. The van der Waals surface area contributed by atoms with E-state index >= 15 is 0 Å². The van der Waals surface area contributed by atoms with Crippen LogP contribution in [0.25, 0.3) is 11.1 Å². The second kappa shape index (κ2) is 5.53. The van der Waals surface area contributed by atoms with Gasteiger partial charge in [0.25, 0.3) is 4.84 Å². The molecule has 0 spiro atoms. The van der Waals surface area contributed by atoms with Crippen LogP contribution in [0, 0.1) is 4.84 Å². The zero-order chi connectivity index (χ0) is 15.0. The number of benzene rings is 1. The van der Waals surface area contributed by atoms with Crippen LogP contribution in [-0.2, 0) is 16.7 Å². The van der Waals surface area contributed by atoms with Gasteiger partial charge in [-0.25, -0.2) is 8.42 Å². The third-order valence-electron chi connectivity index (χ3n) is 3.72. The average Bonchev–Trinajstić information content (AvgIpc) is 2.75. The van der Waals surface area contributed by atoms with Crippen molar-refractivity contribution in [3.8, 4) is 0 Å². The molecule has 0 aliphatic carbocycles. The van der Waals surface area contributed by atoms with Crippen LogP contribution in [0.3, 0.4) is 0 Å². The Kier molecular flexibility index (Phi) is 3.87. The van der Waals surface area contributed by atoms with Gasteiger partial charge in [-0.1, -0.05) is 12.1 Å². The van der Waals surface area contributed by atoms with Gasteiger partial charge >= 0.3 is 0 Å². The Hall–Kier alpha value is -1.22. The molecule has 0 N–H and O–H groups in total. The van der Waals surface area contributed by atoms with Crippen LogP contribution in [-0.4, -0.2) is 54.6 Å². The van der Waals surface area contributed by atoms with Crippen LogP contribution in [0.15, 0.2) is 28.7 Å². The normalized spacial score (nSPS) is 18.3. The zero-order valence-electron chi connectivity index (χ0n) is 11.7. The largest absolute Gasteiger partial charge is 0.429 e. The van der Waals surface area contributed by atoms with Crippen molar-refractivity contribution < 1.29 is 12.8 Å². The minimum atomic E-state index is -3.09. The van der Waals surface area contributed by atoms with Crippen molar-refractivity contribution in [3.63, 3.8) is 0 Å². The number of nitrogens with zero attached hydrogens (tertiary/aromatic N) is 3. The Bertz CT molecular complexity index is 801. The lowest BCUT2D eigenvalue weighted by Crippen LogP contribution is -2.48. The molecule has 1 aliphatic rings. The van der Waals surface area contributed by atoms with E-state index in [-0.39, 0.29) is 0 Å². The van der Waals surface area contributed by atoms with E-state index in [0.717, 1.165) is 11.1 Å². The summed E-state index contributed by atoms with van der Waals surface area (Å²) in [6, 6.07) is 7.73. The summed E-state index contributed by atoms with van der Waals surface area (Å²) in [5, 5.41) is 0. The predicted octanol–water partition coefficient (Wildman–Crippen LogP) is 1.50. The quantitative estimate of drug-likeness (QED) is 0.800. The molecule has 0 bridgehead atoms. The van der Waals surface area contributed by atoms with Crippen molar-refractivity contribution in [3.05, 3.63) is 29.1 Å². The number of fused-ring (bicyclic) bond motifs is 1. The van der Waals surface area contributed by atoms with Crippen LogP contribution in [0.4, 0.5) is 0 Å². The second-order valence-corrected chi connectivity index (χ2v) is 7.52. The SMILES string of the molecule is CS(=O)(=O)N1CCN(Cn2c(=S)oc3ccccc32)CC1. The van der Waals surface area contributed by atoms with Gasteiger partial charge in [-0.15, -0.1) is 0 Å². The van der Waals surface area contributed by atoms with E-state index in [4.69, 9.17) is 16.6 Å². The molecule has 1 aliphatic heterocycles. The third-order valence-corrected chi connectivity index (χ3v) is 5.32. The summed E-state index contributed by atoms with van der Waals surface area (Å²) in [6.45, 7) is 3.03. The molecule has 0 amide bonds. The van der Waals surface area contributed by atoms with E-state index < -0.39 is 10.0 Å². The van der Waals surface area contributed by atoms with Gasteiger partial charge in [0, 0.05) is 26.2 Å². The van der Waals surface area contributed by atoms with Crippen LogP contribution in [0.5, 0.6) is 0 Å². The van der Waals surface area contributed by atoms with Crippen molar-refractivity contribution in [1.82, 2.24) is 13.8 Å². The van der Waals surface area contributed by atoms with Gasteiger partial charge in [0.1, 0.15) is 0 Å². The first-order valence-corrected chi connectivity index (χ1v) is 8.97. The van der Waals surface area contributed by atoms with Gasteiger partial charge in [0.15, 0.2) is 5.58 Å². The van der Waals surface area contributed by atoms with Crippen molar-refractivity contribution in [2.24, 2.45) is 0 Å². The number of hydrogen-bond acceptors (Lipinski definition) is 5. The summed E-state index contributed by atoms with van der Waals surface area (Å²) in [5.74, 6) is 0. The van der Waals surface area contributed by atoms with E-state index in [1.165, 1.54) is 10.6 Å². The number of hydrogen-bond donors (Lipinski definition) is 0. The summed E-state index contributed by atoms with van der Waals surface area (Å²) in [4.78, 5) is 2.63. The fourth-order valence-corrected chi connectivity index (χ4v) is 3.62. The molecule has 21 heavy (non-hydrogen) atoms. The first-order valence-electron chi connectivity index (χ1n) is 6.71. The fourth-order valence-electron chi connectivity index (χ4n) is 2.55. The van der Waals surface area contributed by atoms with E-state index in [0.29, 0.717) is 37.7 Å².